The van der Waals surface area contributed by atoms with E-state index in [9.17, 15) is 14.7 Å². The number of carbonyl (C=O) groups is 2. The average Bonchev–Trinajstić information content (AvgIpc) is 2.38. The summed E-state index contributed by atoms with van der Waals surface area (Å²) in [5.41, 5.74) is 1.45. The molecule has 0 bridgehead atoms. The molecule has 1 aromatic rings. The normalized spacial score (nSPS) is 13.4. The Kier molecular flexibility index (Phi) is 5.90. The second-order valence-corrected chi connectivity index (χ2v) is 5.63. The lowest BCUT2D eigenvalue weighted by molar-refractivity contribution is 0.101. The lowest BCUT2D eigenvalue weighted by Crippen LogP contribution is -2.50. The Hall–Kier alpha value is -1.88. The molecule has 5 nitrogen and oxygen atoms in total. The Morgan fingerprint density at radius 2 is 2.00 bits per heavy atom. The van der Waals surface area contributed by atoms with Crippen LogP contribution in [0.2, 0.25) is 0 Å². The highest BCUT2D eigenvalue weighted by atomic mass is 16.3. The number of aryl methyl sites for hydroxylation is 1. The van der Waals surface area contributed by atoms with Gasteiger partial charge in [0.25, 0.3) is 0 Å². The molecule has 1 unspecified atom stereocenters. The molecule has 0 heterocycles. The van der Waals surface area contributed by atoms with E-state index in [0.29, 0.717) is 17.7 Å². The fraction of sp³-hybridized carbons (Fsp3) is 0.500. The molecular formula is C16H24N2O3. The number of Topliss-reactive ketones (excluding diaryl/α,β-unsaturated/α-hetero) is 1. The number of aliphatic hydroxyl groups excluding tert-OH is 1. The standard InChI is InChI=1S/C16H24N2O3/c1-5-8-16(4,10-19)18-15(21)17-13-6-7-14(12(3)20)11(2)9-13/h6-7,9,19H,5,8,10H2,1-4H3,(H2,17,18,21). The molecule has 1 atom stereocenters. The molecule has 0 aliphatic rings. The minimum Gasteiger partial charge on any atom is -0.394 e. The summed E-state index contributed by atoms with van der Waals surface area (Å²) in [5, 5.41) is 14.9. The zero-order valence-electron chi connectivity index (χ0n) is 13.1. The van der Waals surface area contributed by atoms with Crippen LogP contribution in [0.1, 0.15) is 49.5 Å². The molecule has 116 valence electrons. The van der Waals surface area contributed by atoms with Crippen molar-refractivity contribution in [2.45, 2.75) is 46.1 Å². The number of ketones is 1. The molecule has 2 amide bonds. The minimum absolute atomic E-state index is 0.000645. The first-order valence-electron chi connectivity index (χ1n) is 7.13. The summed E-state index contributed by atoms with van der Waals surface area (Å²) in [6, 6.07) is 4.78. The molecule has 0 saturated carbocycles. The topological polar surface area (TPSA) is 78.4 Å². The number of hydrogen-bond acceptors (Lipinski definition) is 3. The van der Waals surface area contributed by atoms with E-state index in [0.717, 1.165) is 12.0 Å². The first kappa shape index (κ1) is 17.2. The number of hydrogen-bond donors (Lipinski definition) is 3. The summed E-state index contributed by atoms with van der Waals surface area (Å²) in [7, 11) is 0. The average molecular weight is 292 g/mol. The predicted molar refractivity (Wildman–Crippen MR) is 83.7 cm³/mol. The Balaban J connectivity index is 2.75. The van der Waals surface area contributed by atoms with E-state index in [1.165, 1.54) is 6.92 Å². The molecule has 0 radical (unpaired) electrons. The van der Waals surface area contributed by atoms with Crippen molar-refractivity contribution in [2.24, 2.45) is 0 Å². The van der Waals surface area contributed by atoms with Crippen molar-refractivity contribution in [1.29, 1.82) is 0 Å². The Labute approximate surface area is 125 Å². The van der Waals surface area contributed by atoms with Crippen molar-refractivity contribution < 1.29 is 14.7 Å². The molecule has 1 aromatic carbocycles. The van der Waals surface area contributed by atoms with Gasteiger partial charge in [0.15, 0.2) is 5.78 Å². The molecule has 1 rings (SSSR count). The maximum atomic E-state index is 12.0. The largest absolute Gasteiger partial charge is 0.394 e. The fourth-order valence-corrected chi connectivity index (χ4v) is 2.31. The van der Waals surface area contributed by atoms with Crippen LogP contribution in [0.3, 0.4) is 0 Å². The van der Waals surface area contributed by atoms with Crippen LogP contribution in [0, 0.1) is 6.92 Å². The minimum atomic E-state index is -0.632. The number of rotatable bonds is 6. The van der Waals surface area contributed by atoms with E-state index < -0.39 is 5.54 Å². The Morgan fingerprint density at radius 1 is 1.33 bits per heavy atom. The Bertz CT molecular complexity index is 528. The third-order valence-corrected chi connectivity index (χ3v) is 3.43. The fourth-order valence-electron chi connectivity index (χ4n) is 2.31. The first-order valence-corrected chi connectivity index (χ1v) is 7.13. The third kappa shape index (κ3) is 4.86. The molecule has 0 aliphatic carbocycles. The SMILES string of the molecule is CCCC(C)(CO)NC(=O)Nc1ccc(C(C)=O)c(C)c1. The molecule has 0 spiro atoms. The number of carbonyl (C=O) groups excluding carboxylic acids is 2. The van der Waals surface area contributed by atoms with Crippen molar-refractivity contribution in [3.8, 4) is 0 Å². The van der Waals surface area contributed by atoms with Crippen molar-refractivity contribution in [3.05, 3.63) is 29.3 Å². The smallest absolute Gasteiger partial charge is 0.319 e. The zero-order chi connectivity index (χ0) is 16.0. The van der Waals surface area contributed by atoms with Crippen molar-refractivity contribution in [3.63, 3.8) is 0 Å². The maximum Gasteiger partial charge on any atom is 0.319 e. The molecule has 3 N–H and O–H groups in total. The molecule has 21 heavy (non-hydrogen) atoms. The third-order valence-electron chi connectivity index (χ3n) is 3.43. The predicted octanol–water partition coefficient (Wildman–Crippen LogP) is 2.87. The van der Waals surface area contributed by atoms with Crippen LogP contribution in [0.25, 0.3) is 0 Å². The van der Waals surface area contributed by atoms with Gasteiger partial charge in [-0.25, -0.2) is 4.79 Å². The Morgan fingerprint density at radius 3 is 2.48 bits per heavy atom. The van der Waals surface area contributed by atoms with Crippen molar-refractivity contribution >= 4 is 17.5 Å². The van der Waals surface area contributed by atoms with Crippen molar-refractivity contribution in [2.75, 3.05) is 11.9 Å². The van der Waals surface area contributed by atoms with Gasteiger partial charge in [-0.1, -0.05) is 13.3 Å². The first-order chi connectivity index (χ1) is 9.81. The molecule has 0 aromatic heterocycles. The van der Waals surface area contributed by atoms with Crippen LogP contribution < -0.4 is 10.6 Å². The van der Waals surface area contributed by atoms with Crippen molar-refractivity contribution in [1.82, 2.24) is 5.32 Å². The molecule has 0 aliphatic heterocycles. The molecule has 5 heteroatoms. The number of aliphatic hydroxyl groups is 1. The maximum absolute atomic E-state index is 12.0. The van der Waals surface area contributed by atoms with Gasteiger partial charge in [-0.15, -0.1) is 0 Å². The van der Waals surface area contributed by atoms with E-state index in [1.807, 2.05) is 13.8 Å². The van der Waals surface area contributed by atoms with E-state index in [2.05, 4.69) is 10.6 Å². The van der Waals surface area contributed by atoms with Gasteiger partial charge in [0.2, 0.25) is 0 Å². The van der Waals surface area contributed by atoms with Crippen LogP contribution in [0.5, 0.6) is 0 Å². The van der Waals surface area contributed by atoms with Crippen LogP contribution in [-0.2, 0) is 0 Å². The summed E-state index contributed by atoms with van der Waals surface area (Å²) < 4.78 is 0. The number of anilines is 1. The number of benzene rings is 1. The van der Waals surface area contributed by atoms with Crippen LogP contribution in [-0.4, -0.2) is 29.1 Å². The number of urea groups is 1. The summed E-state index contributed by atoms with van der Waals surface area (Å²) >= 11 is 0. The number of nitrogens with one attached hydrogen (secondary N) is 2. The van der Waals surface area contributed by atoms with E-state index in [4.69, 9.17) is 0 Å². The second-order valence-electron chi connectivity index (χ2n) is 5.63. The van der Waals surface area contributed by atoms with Gasteiger partial charge in [0, 0.05) is 11.3 Å². The number of amides is 2. The summed E-state index contributed by atoms with van der Waals surface area (Å²) in [4.78, 5) is 23.4. The lowest BCUT2D eigenvalue weighted by Gasteiger charge is -2.28. The van der Waals surface area contributed by atoms with Gasteiger partial charge in [-0.3, -0.25) is 4.79 Å². The van der Waals surface area contributed by atoms with E-state index >= 15 is 0 Å². The van der Waals surface area contributed by atoms with Gasteiger partial charge in [-0.2, -0.15) is 0 Å². The van der Waals surface area contributed by atoms with Gasteiger partial charge in [0.1, 0.15) is 0 Å². The van der Waals surface area contributed by atoms with Crippen LogP contribution in [0.4, 0.5) is 10.5 Å². The zero-order valence-corrected chi connectivity index (χ0v) is 13.1. The van der Waals surface area contributed by atoms with E-state index in [-0.39, 0.29) is 18.4 Å². The molecular weight excluding hydrogens is 268 g/mol. The van der Waals surface area contributed by atoms with Gasteiger partial charge >= 0.3 is 6.03 Å². The summed E-state index contributed by atoms with van der Waals surface area (Å²) in [5.74, 6) is -0.000645. The quantitative estimate of drug-likeness (QED) is 0.705. The van der Waals surface area contributed by atoms with Gasteiger partial charge in [0.05, 0.1) is 12.1 Å². The molecule has 0 fully saturated rings. The monoisotopic (exact) mass is 292 g/mol. The van der Waals surface area contributed by atoms with Crippen LogP contribution in [0.15, 0.2) is 18.2 Å². The van der Waals surface area contributed by atoms with Gasteiger partial charge < -0.3 is 15.7 Å². The second kappa shape index (κ2) is 7.22. The van der Waals surface area contributed by atoms with Gasteiger partial charge in [-0.05, 0) is 51.0 Å². The summed E-state index contributed by atoms with van der Waals surface area (Å²) in [6.07, 6.45) is 1.56. The lowest BCUT2D eigenvalue weighted by atomic mass is 9.97. The highest BCUT2D eigenvalue weighted by molar-refractivity contribution is 5.97. The van der Waals surface area contributed by atoms with Crippen LogP contribution >= 0.6 is 0 Å². The molecule has 0 saturated heterocycles. The highest BCUT2D eigenvalue weighted by Gasteiger charge is 2.24. The highest BCUT2D eigenvalue weighted by Crippen LogP contribution is 2.16. The summed E-state index contributed by atoms with van der Waals surface area (Å²) in [6.45, 7) is 7.03. The van der Waals surface area contributed by atoms with E-state index in [1.54, 1.807) is 25.1 Å².